The van der Waals surface area contributed by atoms with Crippen LogP contribution < -0.4 is 4.74 Å². The molecule has 0 radical (unpaired) electrons. The number of benzene rings is 1. The minimum atomic E-state index is 0.0879. The zero-order valence-electron chi connectivity index (χ0n) is 15.2. The Morgan fingerprint density at radius 3 is 2.50 bits per heavy atom. The van der Waals surface area contributed by atoms with Crippen LogP contribution in [0.2, 0.25) is 0 Å². The van der Waals surface area contributed by atoms with Crippen LogP contribution in [0.3, 0.4) is 0 Å². The highest BCUT2D eigenvalue weighted by Gasteiger charge is 2.20. The smallest absolute Gasteiger partial charge is 0.246 e. The minimum Gasteiger partial charge on any atom is -0.496 e. The molecule has 0 aliphatic carbocycles. The van der Waals surface area contributed by atoms with Crippen LogP contribution in [0.25, 0.3) is 16.5 Å². The standard InChI is InChI=1S/C20H25NO3/c1-12(10-18(22)21-8-6-7-9-21)16-11-17-13(2)15(4)24-20(17)14(3)19(16)23-5/h10-11H,6-9H2,1-5H3/b12-10+. The zero-order valence-corrected chi connectivity index (χ0v) is 15.2. The van der Waals surface area contributed by atoms with E-state index in [1.54, 1.807) is 13.2 Å². The second-order valence-corrected chi connectivity index (χ2v) is 6.60. The van der Waals surface area contributed by atoms with Gasteiger partial charge in [-0.2, -0.15) is 0 Å². The van der Waals surface area contributed by atoms with Gasteiger partial charge in [0.05, 0.1) is 7.11 Å². The summed E-state index contributed by atoms with van der Waals surface area (Å²) < 4.78 is 11.5. The Morgan fingerprint density at radius 2 is 1.88 bits per heavy atom. The molecule has 0 N–H and O–H groups in total. The van der Waals surface area contributed by atoms with Crippen molar-refractivity contribution in [1.82, 2.24) is 4.90 Å². The molecule has 0 spiro atoms. The third-order valence-electron chi connectivity index (χ3n) is 5.03. The number of allylic oxidation sites excluding steroid dienone is 1. The normalized spacial score (nSPS) is 15.4. The van der Waals surface area contributed by atoms with Crippen molar-refractivity contribution in [3.8, 4) is 5.75 Å². The molecular weight excluding hydrogens is 302 g/mol. The van der Waals surface area contributed by atoms with Gasteiger partial charge in [-0.05, 0) is 57.7 Å². The molecule has 0 unspecified atom stereocenters. The molecule has 1 saturated heterocycles. The van der Waals surface area contributed by atoms with Crippen LogP contribution in [0.15, 0.2) is 16.6 Å². The van der Waals surface area contributed by atoms with E-state index in [2.05, 4.69) is 13.0 Å². The topological polar surface area (TPSA) is 42.7 Å². The first-order valence-corrected chi connectivity index (χ1v) is 8.49. The fraction of sp³-hybridized carbons (Fsp3) is 0.450. The van der Waals surface area contributed by atoms with Gasteiger partial charge in [0.2, 0.25) is 5.91 Å². The lowest BCUT2D eigenvalue weighted by Crippen LogP contribution is -2.25. The molecule has 128 valence electrons. The molecule has 1 fully saturated rings. The number of carbonyl (C=O) groups is 1. The molecule has 0 atom stereocenters. The maximum absolute atomic E-state index is 12.4. The lowest BCUT2D eigenvalue weighted by molar-refractivity contribution is -0.124. The number of amides is 1. The molecule has 0 saturated carbocycles. The molecule has 4 nitrogen and oxygen atoms in total. The zero-order chi connectivity index (χ0) is 17.4. The van der Waals surface area contributed by atoms with Gasteiger partial charge in [-0.15, -0.1) is 0 Å². The van der Waals surface area contributed by atoms with E-state index in [1.165, 1.54) is 0 Å². The molecule has 2 heterocycles. The summed E-state index contributed by atoms with van der Waals surface area (Å²) in [6.45, 7) is 9.73. The molecule has 1 aromatic heterocycles. The fourth-order valence-corrected chi connectivity index (χ4v) is 3.46. The van der Waals surface area contributed by atoms with E-state index in [0.29, 0.717) is 0 Å². The Bertz CT molecular complexity index is 823. The van der Waals surface area contributed by atoms with Crippen LogP contribution in [0.5, 0.6) is 5.75 Å². The van der Waals surface area contributed by atoms with E-state index in [-0.39, 0.29) is 5.91 Å². The van der Waals surface area contributed by atoms with E-state index in [4.69, 9.17) is 9.15 Å². The predicted octanol–water partition coefficient (Wildman–Crippen LogP) is 4.39. The van der Waals surface area contributed by atoms with Gasteiger partial charge in [-0.1, -0.05) is 0 Å². The molecule has 3 rings (SSSR count). The number of fused-ring (bicyclic) bond motifs is 1. The quantitative estimate of drug-likeness (QED) is 0.785. The number of nitrogens with zero attached hydrogens (tertiary/aromatic N) is 1. The number of likely N-dealkylation sites (tertiary alicyclic amines) is 1. The van der Waals surface area contributed by atoms with E-state index in [0.717, 1.165) is 70.7 Å². The molecule has 2 aromatic rings. The van der Waals surface area contributed by atoms with Crippen molar-refractivity contribution < 1.29 is 13.9 Å². The summed E-state index contributed by atoms with van der Waals surface area (Å²) in [6.07, 6.45) is 3.93. The molecule has 4 heteroatoms. The van der Waals surface area contributed by atoms with E-state index in [9.17, 15) is 4.79 Å². The lowest BCUT2D eigenvalue weighted by Gasteiger charge is -2.15. The van der Waals surface area contributed by atoms with Gasteiger partial charge in [0.15, 0.2) is 0 Å². The van der Waals surface area contributed by atoms with Crippen LogP contribution in [-0.2, 0) is 4.79 Å². The first-order valence-electron chi connectivity index (χ1n) is 8.49. The van der Waals surface area contributed by atoms with Crippen LogP contribution in [0.4, 0.5) is 0 Å². The van der Waals surface area contributed by atoms with Crippen molar-refractivity contribution in [2.75, 3.05) is 20.2 Å². The number of methoxy groups -OCH3 is 1. The number of carbonyl (C=O) groups excluding carboxylic acids is 1. The maximum atomic E-state index is 12.4. The Kier molecular flexibility index (Phi) is 4.39. The highest BCUT2D eigenvalue weighted by molar-refractivity contribution is 5.98. The molecule has 0 bridgehead atoms. The van der Waals surface area contributed by atoms with Gasteiger partial charge >= 0.3 is 0 Å². The van der Waals surface area contributed by atoms with Crippen LogP contribution in [0, 0.1) is 20.8 Å². The minimum absolute atomic E-state index is 0.0879. The first kappa shape index (κ1) is 16.6. The first-order chi connectivity index (χ1) is 11.4. The monoisotopic (exact) mass is 327 g/mol. The summed E-state index contributed by atoms with van der Waals surface area (Å²) in [6, 6.07) is 2.08. The van der Waals surface area contributed by atoms with Crippen molar-refractivity contribution >= 4 is 22.4 Å². The molecule has 1 aromatic carbocycles. The Morgan fingerprint density at radius 1 is 1.21 bits per heavy atom. The SMILES string of the molecule is COc1c(/C(C)=C/C(=O)N2CCCC2)cc2c(C)c(C)oc2c1C. The van der Waals surface area contributed by atoms with Crippen molar-refractivity contribution in [3.05, 3.63) is 34.6 Å². The van der Waals surface area contributed by atoms with Crippen LogP contribution in [0.1, 0.15) is 42.2 Å². The lowest BCUT2D eigenvalue weighted by atomic mass is 9.98. The van der Waals surface area contributed by atoms with Gasteiger partial charge in [0.25, 0.3) is 0 Å². The average molecular weight is 327 g/mol. The second kappa shape index (κ2) is 6.34. The van der Waals surface area contributed by atoms with Gasteiger partial charge in [0.1, 0.15) is 17.1 Å². The molecule has 24 heavy (non-hydrogen) atoms. The average Bonchev–Trinajstić information content (AvgIpc) is 3.18. The molecule has 1 aliphatic heterocycles. The maximum Gasteiger partial charge on any atom is 0.246 e. The number of hydrogen-bond donors (Lipinski definition) is 0. The van der Waals surface area contributed by atoms with Gasteiger partial charge in [-0.25, -0.2) is 0 Å². The summed E-state index contributed by atoms with van der Waals surface area (Å²) in [7, 11) is 1.66. The number of aryl methyl sites for hydroxylation is 3. The number of furan rings is 1. The van der Waals surface area contributed by atoms with Gasteiger partial charge < -0.3 is 14.1 Å². The van der Waals surface area contributed by atoms with Crippen LogP contribution >= 0.6 is 0 Å². The highest BCUT2D eigenvalue weighted by Crippen LogP contribution is 2.38. The molecule has 1 aliphatic rings. The van der Waals surface area contributed by atoms with Crippen LogP contribution in [-0.4, -0.2) is 31.0 Å². The summed E-state index contributed by atoms with van der Waals surface area (Å²) in [5.74, 6) is 1.78. The van der Waals surface area contributed by atoms with E-state index in [1.807, 2.05) is 25.7 Å². The summed E-state index contributed by atoms with van der Waals surface area (Å²) in [5, 5.41) is 1.09. The highest BCUT2D eigenvalue weighted by atomic mass is 16.5. The van der Waals surface area contributed by atoms with Crippen molar-refractivity contribution in [2.45, 2.75) is 40.5 Å². The summed E-state index contributed by atoms with van der Waals surface area (Å²) in [4.78, 5) is 14.3. The van der Waals surface area contributed by atoms with Crippen molar-refractivity contribution in [2.24, 2.45) is 0 Å². The number of ether oxygens (including phenoxy) is 1. The molecular formula is C20H25NO3. The van der Waals surface area contributed by atoms with E-state index < -0.39 is 0 Å². The Balaban J connectivity index is 2.10. The Hall–Kier alpha value is -2.23. The number of rotatable bonds is 3. The molecule has 1 amide bonds. The third kappa shape index (κ3) is 2.70. The summed E-state index contributed by atoms with van der Waals surface area (Å²) in [5.41, 5.74) is 4.86. The second-order valence-electron chi connectivity index (χ2n) is 6.60. The fourth-order valence-electron chi connectivity index (χ4n) is 3.46. The van der Waals surface area contributed by atoms with E-state index >= 15 is 0 Å². The van der Waals surface area contributed by atoms with Crippen molar-refractivity contribution in [1.29, 1.82) is 0 Å². The predicted molar refractivity (Wildman–Crippen MR) is 96.4 cm³/mol. The third-order valence-corrected chi connectivity index (χ3v) is 5.03. The largest absolute Gasteiger partial charge is 0.496 e. The number of hydrogen-bond acceptors (Lipinski definition) is 3. The van der Waals surface area contributed by atoms with Gasteiger partial charge in [0, 0.05) is 35.7 Å². The van der Waals surface area contributed by atoms with Crippen molar-refractivity contribution in [3.63, 3.8) is 0 Å². The van der Waals surface area contributed by atoms with Gasteiger partial charge in [-0.3, -0.25) is 4.79 Å². The Labute approximate surface area is 143 Å². The summed E-state index contributed by atoms with van der Waals surface area (Å²) >= 11 is 0.